The lowest BCUT2D eigenvalue weighted by Gasteiger charge is -2.16. The summed E-state index contributed by atoms with van der Waals surface area (Å²) in [5.74, 6) is -0.322. The summed E-state index contributed by atoms with van der Waals surface area (Å²) in [6.07, 6.45) is 3.34. The topological polar surface area (TPSA) is 54.0 Å². The van der Waals surface area contributed by atoms with Crippen LogP contribution in [0.15, 0.2) is 0 Å². The van der Waals surface area contributed by atoms with Crippen molar-refractivity contribution in [2.24, 2.45) is 11.3 Å². The van der Waals surface area contributed by atoms with Gasteiger partial charge in [-0.15, -0.1) is 0 Å². The molecule has 3 saturated heterocycles. The number of cyclic esters (lactones) is 1. The van der Waals surface area contributed by atoms with Crippen LogP contribution in [-0.4, -0.2) is 43.8 Å². The molecule has 3 aliphatic heterocycles. The van der Waals surface area contributed by atoms with Crippen molar-refractivity contribution < 1.29 is 23.7 Å². The molecule has 0 radical (unpaired) electrons. The number of hydrogen-bond donors (Lipinski definition) is 0. The first-order valence-electron chi connectivity index (χ1n) is 8.63. The minimum Gasteiger partial charge on any atom is -0.465 e. The highest BCUT2D eigenvalue weighted by molar-refractivity contribution is 5.74. The van der Waals surface area contributed by atoms with Crippen LogP contribution in [0.3, 0.4) is 0 Å². The molecule has 3 atom stereocenters. The van der Waals surface area contributed by atoms with Crippen LogP contribution in [0.1, 0.15) is 61.3 Å². The van der Waals surface area contributed by atoms with Crippen molar-refractivity contribution in [1.82, 2.24) is 0 Å². The molecule has 0 aliphatic carbocycles. The minimum absolute atomic E-state index is 0.0527. The third-order valence-electron chi connectivity index (χ3n) is 4.42. The van der Waals surface area contributed by atoms with Gasteiger partial charge < -0.3 is 18.9 Å². The second-order valence-corrected chi connectivity index (χ2v) is 7.78. The molecule has 5 heteroatoms. The molecule has 5 nitrogen and oxygen atoms in total. The fourth-order valence-electron chi connectivity index (χ4n) is 2.44. The number of ether oxygens (including phenoxy) is 4. The van der Waals surface area contributed by atoms with Crippen LogP contribution >= 0.6 is 0 Å². The van der Waals surface area contributed by atoms with Crippen LogP contribution in [0.2, 0.25) is 0 Å². The molecule has 0 N–H and O–H groups in total. The van der Waals surface area contributed by atoms with Crippen LogP contribution in [0.25, 0.3) is 0 Å². The van der Waals surface area contributed by atoms with Gasteiger partial charge in [0.2, 0.25) is 0 Å². The van der Waals surface area contributed by atoms with Gasteiger partial charge in [-0.1, -0.05) is 20.8 Å². The van der Waals surface area contributed by atoms with E-state index < -0.39 is 0 Å². The number of hydrogen-bond acceptors (Lipinski definition) is 5. The molecular weight excluding hydrogens is 296 g/mol. The van der Waals surface area contributed by atoms with E-state index in [0.717, 1.165) is 13.2 Å². The van der Waals surface area contributed by atoms with Crippen LogP contribution in [-0.2, 0) is 23.7 Å². The number of carbonyl (C=O) groups excluding carboxylic acids is 1. The standard InChI is InChI=1S/C7H12O2.C6H12O2.C5H10O/c1-5-6(8)9-4-7(5,2)3;1-5-4-7-6(2,3)8-5;1-5-3-2-4-6-5/h5H,4H2,1-3H3;5H,4H2,1-3H3;5H,2-4H2,1H3. The fourth-order valence-corrected chi connectivity index (χ4v) is 2.44. The Morgan fingerprint density at radius 1 is 1.04 bits per heavy atom. The van der Waals surface area contributed by atoms with Gasteiger partial charge in [-0.3, -0.25) is 4.79 Å². The molecule has 0 amide bonds. The average molecular weight is 330 g/mol. The maximum Gasteiger partial charge on any atom is 0.309 e. The van der Waals surface area contributed by atoms with Crippen molar-refractivity contribution >= 4 is 5.97 Å². The lowest BCUT2D eigenvalue weighted by Crippen LogP contribution is -2.20. The Morgan fingerprint density at radius 2 is 1.70 bits per heavy atom. The van der Waals surface area contributed by atoms with Crippen LogP contribution < -0.4 is 0 Å². The van der Waals surface area contributed by atoms with E-state index in [1.807, 2.05) is 41.5 Å². The summed E-state index contributed by atoms with van der Waals surface area (Å²) in [5.41, 5.74) is 0.0527. The first kappa shape index (κ1) is 20.4. The summed E-state index contributed by atoms with van der Waals surface area (Å²) >= 11 is 0. The zero-order valence-electron chi connectivity index (χ0n) is 15.8. The summed E-state index contributed by atoms with van der Waals surface area (Å²) in [5, 5.41) is 0. The normalized spacial score (nSPS) is 34.0. The van der Waals surface area contributed by atoms with Gasteiger partial charge in [-0.05, 0) is 40.5 Å². The van der Waals surface area contributed by atoms with Gasteiger partial charge in [0, 0.05) is 12.0 Å². The minimum atomic E-state index is -0.334. The van der Waals surface area contributed by atoms with Gasteiger partial charge >= 0.3 is 5.97 Å². The lowest BCUT2D eigenvalue weighted by atomic mass is 9.83. The zero-order valence-corrected chi connectivity index (χ0v) is 15.8. The summed E-state index contributed by atoms with van der Waals surface area (Å²) in [6, 6.07) is 0. The maximum atomic E-state index is 10.8. The Labute approximate surface area is 141 Å². The molecule has 136 valence electrons. The molecule has 3 fully saturated rings. The Morgan fingerprint density at radius 3 is 1.83 bits per heavy atom. The Kier molecular flexibility index (Phi) is 7.49. The summed E-state index contributed by atoms with van der Waals surface area (Å²) in [6.45, 7) is 16.3. The van der Waals surface area contributed by atoms with E-state index in [1.165, 1.54) is 12.8 Å². The SMILES string of the molecule is CC1C(=O)OCC1(C)C.CC1CCCO1.CC1COC(C)(C)O1. The van der Waals surface area contributed by atoms with E-state index in [9.17, 15) is 4.79 Å². The molecule has 3 unspecified atom stereocenters. The van der Waals surface area contributed by atoms with Gasteiger partial charge in [0.05, 0.1) is 31.3 Å². The van der Waals surface area contributed by atoms with Gasteiger partial charge in [0.15, 0.2) is 5.79 Å². The largest absolute Gasteiger partial charge is 0.465 e. The zero-order chi connectivity index (χ0) is 17.7. The predicted molar refractivity (Wildman–Crippen MR) is 89.1 cm³/mol. The molecule has 0 aromatic rings. The van der Waals surface area contributed by atoms with E-state index >= 15 is 0 Å². The van der Waals surface area contributed by atoms with Crippen molar-refractivity contribution in [2.75, 3.05) is 19.8 Å². The smallest absolute Gasteiger partial charge is 0.309 e. The molecule has 0 aromatic heterocycles. The average Bonchev–Trinajstić information content (AvgIpc) is 3.10. The predicted octanol–water partition coefficient (Wildman–Crippen LogP) is 3.55. The van der Waals surface area contributed by atoms with Crippen LogP contribution in [0.4, 0.5) is 0 Å². The van der Waals surface area contributed by atoms with Crippen molar-refractivity contribution in [3.8, 4) is 0 Å². The third kappa shape index (κ3) is 7.19. The van der Waals surface area contributed by atoms with Crippen molar-refractivity contribution in [3.63, 3.8) is 0 Å². The molecule has 0 spiro atoms. The second kappa shape index (κ2) is 8.45. The summed E-state index contributed by atoms with van der Waals surface area (Å²) in [7, 11) is 0. The maximum absolute atomic E-state index is 10.8. The number of carbonyl (C=O) groups is 1. The highest BCUT2D eigenvalue weighted by atomic mass is 16.7. The van der Waals surface area contributed by atoms with Crippen molar-refractivity contribution in [1.29, 1.82) is 0 Å². The van der Waals surface area contributed by atoms with Crippen LogP contribution in [0.5, 0.6) is 0 Å². The van der Waals surface area contributed by atoms with E-state index in [1.54, 1.807) is 0 Å². The summed E-state index contributed by atoms with van der Waals surface area (Å²) < 4.78 is 20.6. The number of esters is 1. The number of rotatable bonds is 0. The van der Waals surface area contributed by atoms with Gasteiger partial charge in [0.1, 0.15) is 0 Å². The Bertz CT molecular complexity index is 372. The van der Waals surface area contributed by atoms with Crippen molar-refractivity contribution in [3.05, 3.63) is 0 Å². The second-order valence-electron chi connectivity index (χ2n) is 7.78. The van der Waals surface area contributed by atoms with Gasteiger partial charge in [0.25, 0.3) is 0 Å². The highest BCUT2D eigenvalue weighted by Crippen LogP contribution is 2.33. The summed E-state index contributed by atoms with van der Waals surface area (Å²) in [4.78, 5) is 10.8. The molecule has 3 heterocycles. The molecule has 0 bridgehead atoms. The first-order valence-corrected chi connectivity index (χ1v) is 8.63. The van der Waals surface area contributed by atoms with Gasteiger partial charge in [-0.2, -0.15) is 0 Å². The molecule has 3 aliphatic rings. The third-order valence-corrected chi connectivity index (χ3v) is 4.42. The quantitative estimate of drug-likeness (QED) is 0.636. The van der Waals surface area contributed by atoms with Crippen molar-refractivity contribution in [2.45, 2.75) is 79.3 Å². The Hall–Kier alpha value is -0.650. The molecule has 0 aromatic carbocycles. The highest BCUT2D eigenvalue weighted by Gasteiger charge is 2.39. The lowest BCUT2D eigenvalue weighted by molar-refractivity contribution is -0.140. The molecule has 3 rings (SSSR count). The van der Waals surface area contributed by atoms with E-state index in [4.69, 9.17) is 18.9 Å². The van der Waals surface area contributed by atoms with E-state index in [-0.39, 0.29) is 29.2 Å². The molecule has 23 heavy (non-hydrogen) atoms. The first-order chi connectivity index (χ1) is 10.5. The van der Waals surface area contributed by atoms with Gasteiger partial charge in [-0.25, -0.2) is 0 Å². The molecule has 0 saturated carbocycles. The van der Waals surface area contributed by atoms with E-state index in [0.29, 0.717) is 12.7 Å². The molecular formula is C18H34O5. The fraction of sp³-hybridized carbons (Fsp3) is 0.944. The van der Waals surface area contributed by atoms with Crippen LogP contribution in [0, 0.1) is 11.3 Å². The Balaban J connectivity index is 0.000000176. The van der Waals surface area contributed by atoms with E-state index in [2.05, 4.69) is 6.92 Å². The monoisotopic (exact) mass is 330 g/mol.